The second kappa shape index (κ2) is 5.61. The van der Waals surface area contributed by atoms with E-state index in [9.17, 15) is 13.2 Å². The quantitative estimate of drug-likeness (QED) is 0.925. The molecular weight excluding hydrogens is 301 g/mol. The normalized spacial score (nSPS) is 16.2. The fourth-order valence-electron chi connectivity index (χ4n) is 2.15. The van der Waals surface area contributed by atoms with Crippen LogP contribution in [0.1, 0.15) is 5.56 Å². The lowest BCUT2D eigenvalue weighted by Crippen LogP contribution is -2.43. The summed E-state index contributed by atoms with van der Waals surface area (Å²) in [5.74, 6) is 0.347. The predicted molar refractivity (Wildman–Crippen MR) is 75.4 cm³/mol. The second-order valence-corrected chi connectivity index (χ2v) is 5.45. The Kier molecular flexibility index (Phi) is 3.81. The topological polar surface area (TPSA) is 41.1 Å². The molecule has 2 heterocycles. The highest BCUT2D eigenvalue weighted by molar-refractivity contribution is 7.09. The number of nitrogens with one attached hydrogen (secondary N) is 1. The van der Waals surface area contributed by atoms with Crippen molar-refractivity contribution >= 4 is 16.7 Å². The van der Waals surface area contributed by atoms with Gasteiger partial charge in [0.2, 0.25) is 5.13 Å². The minimum absolute atomic E-state index is 0.347. The molecule has 0 saturated carbocycles. The Morgan fingerprint density at radius 3 is 2.67 bits per heavy atom. The summed E-state index contributed by atoms with van der Waals surface area (Å²) >= 11 is 1.22. The fourth-order valence-corrected chi connectivity index (χ4v) is 2.89. The maximum atomic E-state index is 12.7. The van der Waals surface area contributed by atoms with E-state index in [-0.39, 0.29) is 0 Å². The molecule has 1 aliphatic heterocycles. The summed E-state index contributed by atoms with van der Waals surface area (Å²) in [6.45, 7) is 3.41. The maximum absolute atomic E-state index is 12.7. The van der Waals surface area contributed by atoms with E-state index in [4.69, 9.17) is 0 Å². The van der Waals surface area contributed by atoms with Crippen molar-refractivity contribution in [2.24, 2.45) is 0 Å². The molecule has 1 aromatic heterocycles. The van der Waals surface area contributed by atoms with Crippen LogP contribution in [0.3, 0.4) is 0 Å². The molecule has 2 aromatic rings. The molecule has 1 aliphatic rings. The van der Waals surface area contributed by atoms with Crippen LogP contribution < -0.4 is 10.2 Å². The summed E-state index contributed by atoms with van der Waals surface area (Å²) in [5, 5.41) is 3.99. The van der Waals surface area contributed by atoms with Crippen molar-refractivity contribution in [2.45, 2.75) is 6.18 Å². The predicted octanol–water partition coefficient (Wildman–Crippen LogP) is 2.63. The van der Waals surface area contributed by atoms with Crippen molar-refractivity contribution in [2.75, 3.05) is 31.1 Å². The highest BCUT2D eigenvalue weighted by Gasteiger charge is 2.30. The Morgan fingerprint density at radius 2 is 1.95 bits per heavy atom. The van der Waals surface area contributed by atoms with Gasteiger partial charge >= 0.3 is 6.18 Å². The number of alkyl halides is 3. The zero-order valence-electron chi connectivity index (χ0n) is 11.0. The number of aromatic nitrogens is 2. The first-order valence-corrected chi connectivity index (χ1v) is 7.28. The van der Waals surface area contributed by atoms with E-state index in [1.54, 1.807) is 6.07 Å². The molecule has 0 bridgehead atoms. The van der Waals surface area contributed by atoms with Gasteiger partial charge in [-0.05, 0) is 12.1 Å². The molecule has 0 radical (unpaired) electrons. The number of piperazine rings is 1. The van der Waals surface area contributed by atoms with E-state index >= 15 is 0 Å². The highest BCUT2D eigenvalue weighted by atomic mass is 32.1. The van der Waals surface area contributed by atoms with Gasteiger partial charge in [-0.3, -0.25) is 0 Å². The monoisotopic (exact) mass is 314 g/mol. The molecule has 0 aliphatic carbocycles. The van der Waals surface area contributed by atoms with Gasteiger partial charge in [0, 0.05) is 43.3 Å². The first-order valence-electron chi connectivity index (χ1n) is 6.51. The van der Waals surface area contributed by atoms with E-state index in [1.165, 1.54) is 17.6 Å². The van der Waals surface area contributed by atoms with Crippen molar-refractivity contribution in [1.82, 2.24) is 14.7 Å². The van der Waals surface area contributed by atoms with E-state index in [1.807, 2.05) is 0 Å². The second-order valence-electron chi connectivity index (χ2n) is 4.72. The number of hydrogen-bond donors (Lipinski definition) is 1. The van der Waals surface area contributed by atoms with Crippen LogP contribution in [0.25, 0.3) is 11.4 Å². The van der Waals surface area contributed by atoms with Crippen LogP contribution in [0.15, 0.2) is 24.3 Å². The number of nitrogens with zero attached hydrogens (tertiary/aromatic N) is 3. The standard InChI is InChI=1S/C13H13F3N4S/c14-13(15,16)10-3-1-2-9(8-10)11-18-12(21-19-11)20-6-4-17-5-7-20/h1-3,8,17H,4-7H2. The van der Waals surface area contributed by atoms with Crippen molar-refractivity contribution < 1.29 is 13.2 Å². The lowest BCUT2D eigenvalue weighted by atomic mass is 10.1. The van der Waals surface area contributed by atoms with E-state index < -0.39 is 11.7 Å². The Hall–Kier alpha value is -1.67. The Balaban J connectivity index is 1.86. The van der Waals surface area contributed by atoms with Crippen molar-refractivity contribution in [1.29, 1.82) is 0 Å². The first kappa shape index (κ1) is 14.3. The molecule has 1 fully saturated rings. The maximum Gasteiger partial charge on any atom is 0.416 e. The molecule has 112 valence electrons. The number of anilines is 1. The van der Waals surface area contributed by atoms with Crippen LogP contribution in [0.2, 0.25) is 0 Å². The lowest BCUT2D eigenvalue weighted by Gasteiger charge is -2.26. The molecule has 0 amide bonds. The molecule has 0 atom stereocenters. The van der Waals surface area contributed by atoms with Gasteiger partial charge in [-0.2, -0.15) is 22.5 Å². The van der Waals surface area contributed by atoms with Gasteiger partial charge in [-0.1, -0.05) is 12.1 Å². The zero-order chi connectivity index (χ0) is 14.9. The molecular formula is C13H13F3N4S. The van der Waals surface area contributed by atoms with Crippen molar-refractivity contribution in [3.63, 3.8) is 0 Å². The van der Waals surface area contributed by atoms with Gasteiger partial charge in [0.25, 0.3) is 0 Å². The van der Waals surface area contributed by atoms with Gasteiger partial charge in [0.15, 0.2) is 5.82 Å². The van der Waals surface area contributed by atoms with Crippen LogP contribution in [0.4, 0.5) is 18.3 Å². The minimum atomic E-state index is -4.35. The SMILES string of the molecule is FC(F)(F)c1cccc(-c2nsc(N3CCNCC3)n2)c1. The Bertz CT molecular complexity index is 620. The van der Waals surface area contributed by atoms with Crippen LogP contribution in [-0.2, 0) is 6.18 Å². The third-order valence-electron chi connectivity index (χ3n) is 3.25. The molecule has 21 heavy (non-hydrogen) atoms. The summed E-state index contributed by atoms with van der Waals surface area (Å²) in [6.07, 6.45) is -4.35. The van der Waals surface area contributed by atoms with Gasteiger partial charge in [0.1, 0.15) is 0 Å². The average molecular weight is 314 g/mol. The van der Waals surface area contributed by atoms with Crippen LogP contribution in [-0.4, -0.2) is 35.5 Å². The number of hydrogen-bond acceptors (Lipinski definition) is 5. The van der Waals surface area contributed by atoms with Gasteiger partial charge in [-0.15, -0.1) is 0 Å². The first-order chi connectivity index (χ1) is 10.0. The molecule has 0 spiro atoms. The Morgan fingerprint density at radius 1 is 1.19 bits per heavy atom. The van der Waals surface area contributed by atoms with Gasteiger partial charge in [-0.25, -0.2) is 0 Å². The minimum Gasteiger partial charge on any atom is -0.344 e. The number of benzene rings is 1. The Labute approximate surface area is 123 Å². The average Bonchev–Trinajstić information content (AvgIpc) is 2.97. The zero-order valence-corrected chi connectivity index (χ0v) is 11.8. The molecule has 1 N–H and O–H groups in total. The molecule has 3 rings (SSSR count). The largest absolute Gasteiger partial charge is 0.416 e. The van der Waals surface area contributed by atoms with Crippen LogP contribution >= 0.6 is 11.5 Å². The summed E-state index contributed by atoms with van der Waals surface area (Å²) in [7, 11) is 0. The number of rotatable bonds is 2. The summed E-state index contributed by atoms with van der Waals surface area (Å²) in [4.78, 5) is 6.45. The summed E-state index contributed by atoms with van der Waals surface area (Å²) < 4.78 is 42.4. The smallest absolute Gasteiger partial charge is 0.344 e. The molecule has 8 heteroatoms. The molecule has 1 aromatic carbocycles. The van der Waals surface area contributed by atoms with E-state index in [0.717, 1.165) is 43.4 Å². The van der Waals surface area contributed by atoms with Gasteiger partial charge in [0.05, 0.1) is 5.56 Å². The van der Waals surface area contributed by atoms with E-state index in [2.05, 4.69) is 19.6 Å². The molecule has 1 saturated heterocycles. The third-order valence-corrected chi connectivity index (χ3v) is 4.03. The van der Waals surface area contributed by atoms with Crippen molar-refractivity contribution in [3.05, 3.63) is 29.8 Å². The van der Waals surface area contributed by atoms with Crippen LogP contribution in [0.5, 0.6) is 0 Å². The summed E-state index contributed by atoms with van der Waals surface area (Å²) in [5.41, 5.74) is -0.291. The van der Waals surface area contributed by atoms with E-state index in [0.29, 0.717) is 11.4 Å². The third kappa shape index (κ3) is 3.16. The summed E-state index contributed by atoms with van der Waals surface area (Å²) in [6, 6.07) is 5.11. The molecule has 4 nitrogen and oxygen atoms in total. The molecule has 0 unspecified atom stereocenters. The van der Waals surface area contributed by atoms with Crippen molar-refractivity contribution in [3.8, 4) is 11.4 Å². The van der Waals surface area contributed by atoms with Crippen LogP contribution in [0, 0.1) is 0 Å². The fraction of sp³-hybridized carbons (Fsp3) is 0.385. The lowest BCUT2D eigenvalue weighted by molar-refractivity contribution is -0.137. The highest BCUT2D eigenvalue weighted by Crippen LogP contribution is 2.32. The van der Waals surface area contributed by atoms with Gasteiger partial charge < -0.3 is 10.2 Å². The number of halogens is 3.